The number of hydrogen-bond acceptors (Lipinski definition) is 3. The van der Waals surface area contributed by atoms with Crippen molar-refractivity contribution in [1.29, 1.82) is 5.41 Å². The fourth-order valence-electron chi connectivity index (χ4n) is 1.44. The highest BCUT2D eigenvalue weighted by Gasteiger charge is 2.20. The number of rotatable bonds is 9. The molecule has 0 aliphatic carbocycles. The Morgan fingerprint density at radius 2 is 1.68 bits per heavy atom. The second-order valence-corrected chi connectivity index (χ2v) is 6.50. The maximum absolute atomic E-state index is 11.4. The van der Waals surface area contributed by atoms with E-state index in [1.165, 1.54) is 0 Å². The largest absolute Gasteiger partial charge is 0.345 e. The van der Waals surface area contributed by atoms with Gasteiger partial charge in [0.25, 0.3) is 5.91 Å². The van der Waals surface area contributed by atoms with Crippen molar-refractivity contribution in [2.75, 3.05) is 61.4 Å². The lowest BCUT2D eigenvalue weighted by Gasteiger charge is -2.33. The van der Waals surface area contributed by atoms with Crippen LogP contribution in [0.25, 0.3) is 0 Å². The van der Waals surface area contributed by atoms with Gasteiger partial charge in [-0.05, 0) is 0 Å². The van der Waals surface area contributed by atoms with Gasteiger partial charge >= 0.3 is 0 Å². The molecule has 0 atom stereocenters. The summed E-state index contributed by atoms with van der Waals surface area (Å²) in [6.45, 7) is 3.40. The molecule has 1 amide bonds. The van der Waals surface area contributed by atoms with Gasteiger partial charge in [0.05, 0.1) is 54.7 Å². The Hall–Kier alpha value is -1.27. The minimum Gasteiger partial charge on any atom is -0.345 e. The van der Waals surface area contributed by atoms with Crippen molar-refractivity contribution in [1.82, 2.24) is 5.32 Å². The topological polar surface area (TPSA) is 70.0 Å². The Kier molecular flexibility index (Phi) is 6.86. The number of nitrogens with zero attached hydrogens (tertiary/aromatic N) is 2. The molecule has 110 valence electrons. The van der Waals surface area contributed by atoms with E-state index in [1.807, 2.05) is 0 Å². The number of nitrogens with one attached hydrogen (secondary N) is 2. The minimum atomic E-state index is -0.446. The van der Waals surface area contributed by atoms with Crippen LogP contribution in [0.4, 0.5) is 0 Å². The van der Waals surface area contributed by atoms with Crippen molar-refractivity contribution in [2.45, 2.75) is 6.42 Å². The molecule has 0 aliphatic rings. The van der Waals surface area contributed by atoms with Gasteiger partial charge in [-0.1, -0.05) is 0 Å². The summed E-state index contributed by atoms with van der Waals surface area (Å²) in [5.74, 6) is -0.446. The number of carbonyl (C=O) groups excluding carboxylic acids is 2. The van der Waals surface area contributed by atoms with Crippen LogP contribution in [0.15, 0.2) is 0 Å². The molecule has 0 unspecified atom stereocenters. The molecule has 0 radical (unpaired) electrons. The Morgan fingerprint density at radius 3 is 2.16 bits per heavy atom. The van der Waals surface area contributed by atoms with Crippen molar-refractivity contribution >= 4 is 17.9 Å². The molecule has 6 heteroatoms. The van der Waals surface area contributed by atoms with Crippen LogP contribution in [0.3, 0.4) is 0 Å². The molecule has 6 nitrogen and oxygen atoms in total. The third-order valence-corrected chi connectivity index (χ3v) is 2.94. The summed E-state index contributed by atoms with van der Waals surface area (Å²) >= 11 is 0. The normalized spacial score (nSPS) is 12.1. The average Bonchev–Trinajstić information content (AvgIpc) is 2.25. The molecule has 0 fully saturated rings. The third-order valence-electron chi connectivity index (χ3n) is 2.94. The predicted octanol–water partition coefficient (Wildman–Crippen LogP) is -0.506. The molecule has 0 saturated carbocycles. The summed E-state index contributed by atoms with van der Waals surface area (Å²) in [6, 6.07) is 0. The van der Waals surface area contributed by atoms with E-state index in [4.69, 9.17) is 5.41 Å². The first-order chi connectivity index (χ1) is 8.57. The minimum absolute atomic E-state index is 0.119. The van der Waals surface area contributed by atoms with Crippen LogP contribution in [0.1, 0.15) is 6.42 Å². The highest BCUT2D eigenvalue weighted by molar-refractivity contribution is 6.39. The Morgan fingerprint density at radius 1 is 1.11 bits per heavy atom. The zero-order chi connectivity index (χ0) is 15.1. The first-order valence-electron chi connectivity index (χ1n) is 6.49. The number of aldehydes is 1. The quantitative estimate of drug-likeness (QED) is 0.337. The van der Waals surface area contributed by atoms with Crippen molar-refractivity contribution < 1.29 is 18.6 Å². The van der Waals surface area contributed by atoms with Crippen LogP contribution < -0.4 is 5.32 Å². The van der Waals surface area contributed by atoms with Gasteiger partial charge in [0.15, 0.2) is 0 Å². The number of quaternary nitrogens is 2. The summed E-state index contributed by atoms with van der Waals surface area (Å²) in [7, 11) is 10.7. The molecule has 0 spiro atoms. The molecule has 0 aromatic carbocycles. The van der Waals surface area contributed by atoms with Crippen molar-refractivity contribution in [2.24, 2.45) is 0 Å². The fourth-order valence-corrected chi connectivity index (χ4v) is 1.44. The molecule has 0 aromatic heterocycles. The molecule has 0 heterocycles. The molecule has 0 aliphatic heterocycles. The average molecular weight is 272 g/mol. The smallest absolute Gasteiger partial charge is 0.265 e. The van der Waals surface area contributed by atoms with Gasteiger partial charge in [0.2, 0.25) is 0 Å². The van der Waals surface area contributed by atoms with E-state index >= 15 is 0 Å². The van der Waals surface area contributed by atoms with E-state index in [9.17, 15) is 9.59 Å². The summed E-state index contributed by atoms with van der Waals surface area (Å²) in [5, 5.41) is 10.0. The number of carbonyl (C=O) groups is 2. The third kappa shape index (κ3) is 9.32. The fraction of sp³-hybridized carbons (Fsp3) is 0.769. The molecule has 0 saturated heterocycles. The summed E-state index contributed by atoms with van der Waals surface area (Å²) in [6.07, 6.45) is 0.453. The van der Waals surface area contributed by atoms with Gasteiger partial charge in [-0.2, -0.15) is 0 Å². The maximum Gasteiger partial charge on any atom is 0.265 e. The van der Waals surface area contributed by atoms with Crippen molar-refractivity contribution in [3.05, 3.63) is 0 Å². The second-order valence-electron chi connectivity index (χ2n) is 6.50. The van der Waals surface area contributed by atoms with Crippen LogP contribution in [-0.4, -0.2) is 88.3 Å². The highest BCUT2D eigenvalue weighted by Crippen LogP contribution is 1.99. The predicted molar refractivity (Wildman–Crippen MR) is 76.2 cm³/mol. The Labute approximate surface area is 116 Å². The van der Waals surface area contributed by atoms with Gasteiger partial charge in [-0.3, -0.25) is 10.2 Å². The van der Waals surface area contributed by atoms with Crippen LogP contribution >= 0.6 is 0 Å². The van der Waals surface area contributed by atoms with Crippen LogP contribution in [0.5, 0.6) is 0 Å². The van der Waals surface area contributed by atoms with Crippen LogP contribution in [0, 0.1) is 5.41 Å². The standard InChI is InChI=1S/C13H27N4O2/c1-16(2,3)9-10-17(4,5)8-7-15-13(19)12(14)6-11-18/h11,14H,6-10H2,1-5H3/q+1/p+1. The van der Waals surface area contributed by atoms with E-state index in [0.717, 1.165) is 28.6 Å². The summed E-state index contributed by atoms with van der Waals surface area (Å²) < 4.78 is 1.73. The molecular weight excluding hydrogens is 244 g/mol. The lowest BCUT2D eigenvalue weighted by atomic mass is 10.2. The van der Waals surface area contributed by atoms with E-state index in [1.54, 1.807) is 0 Å². The van der Waals surface area contributed by atoms with Crippen molar-refractivity contribution in [3.63, 3.8) is 0 Å². The zero-order valence-corrected chi connectivity index (χ0v) is 12.8. The SMILES string of the molecule is C[N+](C)(C)CC[N+](C)(C)CCNC(=O)C(=N)CC=O. The van der Waals surface area contributed by atoms with Crippen LogP contribution in [0.2, 0.25) is 0 Å². The van der Waals surface area contributed by atoms with Gasteiger partial charge in [0.1, 0.15) is 25.1 Å². The van der Waals surface area contributed by atoms with Crippen molar-refractivity contribution in [3.8, 4) is 0 Å². The van der Waals surface area contributed by atoms with E-state index in [-0.39, 0.29) is 12.1 Å². The first kappa shape index (κ1) is 17.7. The molecule has 0 rings (SSSR count). The monoisotopic (exact) mass is 272 g/mol. The highest BCUT2D eigenvalue weighted by atomic mass is 16.2. The first-order valence-corrected chi connectivity index (χ1v) is 6.49. The van der Waals surface area contributed by atoms with E-state index < -0.39 is 5.91 Å². The number of hydrogen-bond donors (Lipinski definition) is 2. The van der Waals surface area contributed by atoms with Gasteiger partial charge in [-0.15, -0.1) is 0 Å². The summed E-state index contributed by atoms with van der Waals surface area (Å²) in [5.41, 5.74) is -0.174. The van der Waals surface area contributed by atoms with Gasteiger partial charge in [-0.25, -0.2) is 0 Å². The Balaban J connectivity index is 4.01. The Bertz CT molecular complexity index is 332. The molecule has 0 bridgehead atoms. The number of likely N-dealkylation sites (N-methyl/N-ethyl adjacent to an activating group) is 2. The zero-order valence-electron chi connectivity index (χ0n) is 12.8. The molecule has 19 heavy (non-hydrogen) atoms. The number of amides is 1. The lowest BCUT2D eigenvalue weighted by molar-refractivity contribution is -0.936. The van der Waals surface area contributed by atoms with Crippen LogP contribution in [-0.2, 0) is 9.59 Å². The molecule has 2 N–H and O–H groups in total. The lowest BCUT2D eigenvalue weighted by Crippen LogP contribution is -2.51. The van der Waals surface area contributed by atoms with Gasteiger partial charge < -0.3 is 19.1 Å². The van der Waals surface area contributed by atoms with Gasteiger partial charge in [0, 0.05) is 0 Å². The van der Waals surface area contributed by atoms with E-state index in [2.05, 4.69) is 40.6 Å². The van der Waals surface area contributed by atoms with E-state index in [0.29, 0.717) is 12.8 Å². The molecule has 0 aromatic rings. The second kappa shape index (κ2) is 7.35. The summed E-state index contributed by atoms with van der Waals surface area (Å²) in [4.78, 5) is 21.6. The maximum atomic E-state index is 11.4. The molecular formula is C13H28N4O2+2.